The zero-order valence-electron chi connectivity index (χ0n) is 9.71. The van der Waals surface area contributed by atoms with Gasteiger partial charge >= 0.3 is 0 Å². The third-order valence-corrected chi connectivity index (χ3v) is 2.92. The van der Waals surface area contributed by atoms with Crippen LogP contribution in [-0.4, -0.2) is 21.9 Å². The Morgan fingerprint density at radius 2 is 1.80 bits per heavy atom. The summed E-state index contributed by atoms with van der Waals surface area (Å²) in [5.74, 6) is 1.73. The van der Waals surface area contributed by atoms with Crippen molar-refractivity contribution in [2.45, 2.75) is 33.7 Å². The first-order chi connectivity index (χ1) is 7.02. The summed E-state index contributed by atoms with van der Waals surface area (Å²) in [5.41, 5.74) is 1.96. The van der Waals surface area contributed by atoms with Crippen LogP contribution in [0.5, 0.6) is 0 Å². The van der Waals surface area contributed by atoms with Gasteiger partial charge in [0.25, 0.3) is 0 Å². The van der Waals surface area contributed by atoms with Gasteiger partial charge < -0.3 is 5.32 Å². The lowest BCUT2D eigenvalue weighted by Gasteiger charge is -2.19. The molecule has 4 heteroatoms. The van der Waals surface area contributed by atoms with E-state index >= 15 is 0 Å². The maximum Gasteiger partial charge on any atom is 0.223 e. The third kappa shape index (κ3) is 3.67. The lowest BCUT2D eigenvalue weighted by Crippen LogP contribution is -2.26. The number of aryl methyl sites for hydroxylation is 2. The monoisotopic (exact) mass is 227 g/mol. The molecular formula is C11H18ClN3. The number of aromatic nitrogens is 2. The van der Waals surface area contributed by atoms with Crippen molar-refractivity contribution in [3.63, 3.8) is 0 Å². The predicted octanol–water partition coefficient (Wildman–Crippen LogP) is 2.77. The number of nitrogens with zero attached hydrogens (tertiary/aromatic N) is 2. The van der Waals surface area contributed by atoms with Gasteiger partial charge in [0.1, 0.15) is 0 Å². The van der Waals surface area contributed by atoms with Gasteiger partial charge in [0.2, 0.25) is 5.95 Å². The molecule has 15 heavy (non-hydrogen) atoms. The number of halogens is 1. The van der Waals surface area contributed by atoms with Crippen LogP contribution in [0.1, 0.15) is 25.2 Å². The Kier molecular flexibility index (Phi) is 4.33. The molecule has 1 N–H and O–H groups in total. The number of alkyl halides is 1. The molecular weight excluding hydrogens is 210 g/mol. The number of rotatable bonds is 4. The van der Waals surface area contributed by atoms with E-state index < -0.39 is 0 Å². The summed E-state index contributed by atoms with van der Waals surface area (Å²) >= 11 is 5.79. The van der Waals surface area contributed by atoms with Crippen molar-refractivity contribution in [3.05, 3.63) is 17.5 Å². The second-order valence-electron chi connectivity index (χ2n) is 4.04. The molecule has 2 atom stereocenters. The molecule has 1 heterocycles. The molecule has 0 bridgehead atoms. The van der Waals surface area contributed by atoms with Crippen LogP contribution in [0.2, 0.25) is 0 Å². The fourth-order valence-electron chi connectivity index (χ4n) is 1.27. The van der Waals surface area contributed by atoms with Gasteiger partial charge in [-0.05, 0) is 32.8 Å². The first-order valence-electron chi connectivity index (χ1n) is 5.17. The van der Waals surface area contributed by atoms with E-state index in [1.807, 2.05) is 19.9 Å². The Labute approximate surface area is 96.3 Å². The number of hydrogen-bond acceptors (Lipinski definition) is 3. The zero-order valence-corrected chi connectivity index (χ0v) is 10.5. The highest BCUT2D eigenvalue weighted by atomic mass is 35.5. The van der Waals surface area contributed by atoms with Crippen LogP contribution in [0, 0.1) is 19.8 Å². The van der Waals surface area contributed by atoms with Crippen molar-refractivity contribution in [2.75, 3.05) is 11.2 Å². The average Bonchev–Trinajstić information content (AvgIpc) is 2.14. The molecule has 0 aliphatic carbocycles. The minimum absolute atomic E-state index is 0.281. The van der Waals surface area contributed by atoms with Crippen molar-refractivity contribution in [2.24, 2.45) is 5.92 Å². The van der Waals surface area contributed by atoms with E-state index in [-0.39, 0.29) is 6.04 Å². The summed E-state index contributed by atoms with van der Waals surface area (Å²) in [6, 6.07) is 2.24. The fraction of sp³-hybridized carbons (Fsp3) is 0.636. The molecule has 1 aromatic heterocycles. The van der Waals surface area contributed by atoms with Crippen molar-refractivity contribution in [3.8, 4) is 0 Å². The second kappa shape index (κ2) is 5.31. The van der Waals surface area contributed by atoms with Crippen LogP contribution in [-0.2, 0) is 0 Å². The SMILES string of the molecule is Cc1cc(C)nc(NC(C)C(C)CCl)n1. The quantitative estimate of drug-likeness (QED) is 0.804. The highest BCUT2D eigenvalue weighted by Crippen LogP contribution is 2.11. The molecule has 0 saturated carbocycles. The van der Waals surface area contributed by atoms with Crippen LogP contribution in [0.3, 0.4) is 0 Å². The van der Waals surface area contributed by atoms with E-state index in [9.17, 15) is 0 Å². The first-order valence-corrected chi connectivity index (χ1v) is 5.71. The van der Waals surface area contributed by atoms with Gasteiger partial charge in [0, 0.05) is 23.3 Å². The highest BCUT2D eigenvalue weighted by molar-refractivity contribution is 6.18. The summed E-state index contributed by atoms with van der Waals surface area (Å²) < 4.78 is 0. The van der Waals surface area contributed by atoms with E-state index in [0.29, 0.717) is 17.7 Å². The van der Waals surface area contributed by atoms with E-state index in [4.69, 9.17) is 11.6 Å². The number of nitrogens with one attached hydrogen (secondary N) is 1. The smallest absolute Gasteiger partial charge is 0.223 e. The van der Waals surface area contributed by atoms with Gasteiger partial charge in [-0.1, -0.05) is 6.92 Å². The molecule has 0 spiro atoms. The van der Waals surface area contributed by atoms with Gasteiger partial charge in [0.05, 0.1) is 0 Å². The van der Waals surface area contributed by atoms with Gasteiger partial charge in [-0.25, -0.2) is 9.97 Å². The molecule has 1 rings (SSSR count). The van der Waals surface area contributed by atoms with Gasteiger partial charge in [-0.3, -0.25) is 0 Å². The molecule has 0 amide bonds. The van der Waals surface area contributed by atoms with Gasteiger partial charge in [-0.15, -0.1) is 11.6 Å². The molecule has 0 aromatic carbocycles. The van der Waals surface area contributed by atoms with Crippen LogP contribution < -0.4 is 5.32 Å². The average molecular weight is 228 g/mol. The maximum atomic E-state index is 5.79. The molecule has 2 unspecified atom stereocenters. The minimum Gasteiger partial charge on any atom is -0.351 e. The van der Waals surface area contributed by atoms with E-state index in [2.05, 4.69) is 29.1 Å². The molecule has 0 radical (unpaired) electrons. The van der Waals surface area contributed by atoms with Crippen molar-refractivity contribution in [1.82, 2.24) is 9.97 Å². The van der Waals surface area contributed by atoms with E-state index in [0.717, 1.165) is 11.4 Å². The topological polar surface area (TPSA) is 37.8 Å². The zero-order chi connectivity index (χ0) is 11.4. The molecule has 84 valence electrons. The molecule has 0 fully saturated rings. The molecule has 0 aliphatic heterocycles. The fourth-order valence-corrected chi connectivity index (χ4v) is 1.54. The highest BCUT2D eigenvalue weighted by Gasteiger charge is 2.12. The van der Waals surface area contributed by atoms with E-state index in [1.165, 1.54) is 0 Å². The normalized spacial score (nSPS) is 14.7. The maximum absolute atomic E-state index is 5.79. The van der Waals surface area contributed by atoms with E-state index in [1.54, 1.807) is 0 Å². The van der Waals surface area contributed by atoms with Crippen molar-refractivity contribution < 1.29 is 0 Å². The summed E-state index contributed by atoms with van der Waals surface area (Å²) in [5, 5.41) is 3.27. The van der Waals surface area contributed by atoms with Gasteiger partial charge in [-0.2, -0.15) is 0 Å². The summed E-state index contributed by atoms with van der Waals surface area (Å²) in [7, 11) is 0. The van der Waals surface area contributed by atoms with Crippen LogP contribution >= 0.6 is 11.6 Å². The Hall–Kier alpha value is -0.830. The molecule has 0 aliphatic rings. The van der Waals surface area contributed by atoms with Crippen molar-refractivity contribution >= 4 is 17.5 Å². The molecule has 0 saturated heterocycles. The second-order valence-corrected chi connectivity index (χ2v) is 4.35. The van der Waals surface area contributed by atoms with Crippen molar-refractivity contribution in [1.29, 1.82) is 0 Å². The summed E-state index contributed by atoms with van der Waals surface area (Å²) in [4.78, 5) is 8.65. The lowest BCUT2D eigenvalue weighted by molar-refractivity contribution is 0.562. The lowest BCUT2D eigenvalue weighted by atomic mass is 10.1. The van der Waals surface area contributed by atoms with Crippen LogP contribution in [0.4, 0.5) is 5.95 Å². The predicted molar refractivity (Wildman–Crippen MR) is 64.5 cm³/mol. The Bertz CT molecular complexity index is 307. The molecule has 1 aromatic rings. The Balaban J connectivity index is 2.72. The van der Waals surface area contributed by atoms with Gasteiger partial charge in [0.15, 0.2) is 0 Å². The number of anilines is 1. The Morgan fingerprint density at radius 3 is 2.27 bits per heavy atom. The number of hydrogen-bond donors (Lipinski definition) is 1. The minimum atomic E-state index is 0.281. The summed E-state index contributed by atoms with van der Waals surface area (Å²) in [6.07, 6.45) is 0. The molecule has 3 nitrogen and oxygen atoms in total. The Morgan fingerprint density at radius 1 is 1.27 bits per heavy atom. The van der Waals surface area contributed by atoms with Crippen LogP contribution in [0.25, 0.3) is 0 Å². The largest absolute Gasteiger partial charge is 0.351 e. The summed E-state index contributed by atoms with van der Waals surface area (Å²) in [6.45, 7) is 8.13. The standard InChI is InChI=1S/C11H18ClN3/c1-7(6-12)10(4)15-11-13-8(2)5-9(3)14-11/h5,7,10H,6H2,1-4H3,(H,13,14,15). The first kappa shape index (κ1) is 12.2. The van der Waals surface area contributed by atoms with Crippen LogP contribution in [0.15, 0.2) is 6.07 Å². The third-order valence-electron chi connectivity index (χ3n) is 2.44.